The summed E-state index contributed by atoms with van der Waals surface area (Å²) in [4.78, 5) is 37.9. The van der Waals surface area contributed by atoms with Gasteiger partial charge in [0.1, 0.15) is 24.4 Å². The number of halogens is 5. The average molecular weight is 770 g/mol. The van der Waals surface area contributed by atoms with Crippen molar-refractivity contribution < 1.29 is 31.9 Å². The standard InChI is InChI=1S/C37H40ClF4N9O3/c1-20(37(40,41)42)10-30(52)54-17-29(22-6-9-26(38)25(11-22)31-44-19-45-49(31)5)51-32(53)36(46-33(51)43,18-34(2,3)4)23-7-8-24(27(39)12-23)28-16-50(48-47-28)35-13-21(14-35)15-35/h6-9,11-12,16,19-21,29H,10,13-15,17-18H2,1-5H3,(H2,43,46)/t20-,21?,29-,35?,36-/m1/s1. The maximum Gasteiger partial charge on any atom is 0.392 e. The SMILES string of the molecule is C[C@H](CC(=O)OC[C@H](c1ccc(Cl)c(-c2ncnn2C)c1)N1C(=O)[C@@](CC(C)(C)C)(c2ccc(-c3cn(C45CC(C4)C5)nn3)c(F)c2)N=C1N)C(F)(F)F. The van der Waals surface area contributed by atoms with E-state index in [0.29, 0.717) is 33.6 Å². The number of benzene rings is 2. The molecule has 17 heteroatoms. The number of guanidine groups is 1. The molecule has 2 bridgehead atoms. The molecule has 3 fully saturated rings. The third-order valence-corrected chi connectivity index (χ3v) is 11.0. The number of carbonyl (C=O) groups excluding carboxylic acids is 2. The third-order valence-electron chi connectivity index (χ3n) is 10.7. The number of rotatable bonds is 11. The number of esters is 1. The third kappa shape index (κ3) is 6.62. The number of nitrogens with zero attached hydrogens (tertiary/aromatic N) is 8. The van der Waals surface area contributed by atoms with Gasteiger partial charge in [-0.05, 0) is 72.4 Å². The zero-order valence-corrected chi connectivity index (χ0v) is 31.1. The van der Waals surface area contributed by atoms with E-state index in [2.05, 4.69) is 20.4 Å². The van der Waals surface area contributed by atoms with E-state index in [-0.39, 0.29) is 29.0 Å². The minimum atomic E-state index is -4.62. The molecule has 3 heterocycles. The number of nitrogens with two attached hydrogens (primary N) is 1. The van der Waals surface area contributed by atoms with Crippen molar-refractivity contribution in [1.82, 2.24) is 34.7 Å². The second kappa shape index (κ2) is 13.2. The van der Waals surface area contributed by atoms with Gasteiger partial charge in [0.05, 0.1) is 35.1 Å². The summed E-state index contributed by atoms with van der Waals surface area (Å²) in [7, 11) is 1.66. The number of alkyl halides is 3. The second-order valence-electron chi connectivity index (χ2n) is 16.0. The Morgan fingerprint density at radius 3 is 2.43 bits per heavy atom. The number of carbonyl (C=O) groups is 2. The van der Waals surface area contributed by atoms with Gasteiger partial charge in [0.25, 0.3) is 5.91 Å². The molecule has 286 valence electrons. The van der Waals surface area contributed by atoms with Crippen LogP contribution >= 0.6 is 11.6 Å². The molecule has 0 saturated heterocycles. The number of aromatic nitrogens is 6. The highest BCUT2D eigenvalue weighted by atomic mass is 35.5. The van der Waals surface area contributed by atoms with Crippen molar-refractivity contribution in [3.63, 3.8) is 0 Å². The topological polar surface area (TPSA) is 146 Å². The lowest BCUT2D eigenvalue weighted by Gasteiger charge is -2.61. The molecule has 0 radical (unpaired) electrons. The zero-order valence-electron chi connectivity index (χ0n) is 30.4. The monoisotopic (exact) mass is 769 g/mol. The van der Waals surface area contributed by atoms with Crippen LogP contribution in [0.25, 0.3) is 22.6 Å². The van der Waals surface area contributed by atoms with E-state index in [1.807, 2.05) is 25.5 Å². The molecular formula is C37H40ClF4N9O3. The van der Waals surface area contributed by atoms with Crippen molar-refractivity contribution in [1.29, 1.82) is 0 Å². The first-order valence-corrected chi connectivity index (χ1v) is 18.0. The Morgan fingerprint density at radius 1 is 1.11 bits per heavy atom. The minimum absolute atomic E-state index is 0.0321. The molecule has 54 heavy (non-hydrogen) atoms. The summed E-state index contributed by atoms with van der Waals surface area (Å²) in [5.41, 5.74) is 5.86. The number of ether oxygens (including phenoxy) is 1. The summed E-state index contributed by atoms with van der Waals surface area (Å²) in [6, 6.07) is 7.97. The van der Waals surface area contributed by atoms with Gasteiger partial charge in [0, 0.05) is 18.2 Å². The Labute approximate surface area is 313 Å². The van der Waals surface area contributed by atoms with Crippen LogP contribution < -0.4 is 5.73 Å². The van der Waals surface area contributed by atoms with E-state index < -0.39 is 59.8 Å². The van der Waals surface area contributed by atoms with Crippen LogP contribution in [-0.2, 0) is 32.5 Å². The molecule has 1 aliphatic heterocycles. The van der Waals surface area contributed by atoms with Gasteiger partial charge in [0.15, 0.2) is 17.3 Å². The molecule has 3 atom stereocenters. The van der Waals surface area contributed by atoms with E-state index in [1.165, 1.54) is 17.1 Å². The molecule has 0 unspecified atom stereocenters. The van der Waals surface area contributed by atoms with Crippen LogP contribution in [0.4, 0.5) is 17.6 Å². The maximum absolute atomic E-state index is 16.2. The Balaban J connectivity index is 1.26. The Kier molecular flexibility index (Phi) is 9.13. The van der Waals surface area contributed by atoms with Gasteiger partial charge in [-0.25, -0.2) is 23.7 Å². The van der Waals surface area contributed by atoms with Gasteiger partial charge < -0.3 is 10.5 Å². The van der Waals surface area contributed by atoms with Crippen LogP contribution in [-0.4, -0.2) is 65.3 Å². The summed E-state index contributed by atoms with van der Waals surface area (Å²) in [5, 5.41) is 12.9. The number of hydrogen-bond donors (Lipinski definition) is 1. The van der Waals surface area contributed by atoms with Crippen LogP contribution in [0.1, 0.15) is 77.0 Å². The van der Waals surface area contributed by atoms with Crippen LogP contribution in [0.5, 0.6) is 0 Å². The number of aryl methyl sites for hydroxylation is 1. The Bertz CT molecular complexity index is 2140. The van der Waals surface area contributed by atoms with E-state index in [4.69, 9.17) is 27.1 Å². The van der Waals surface area contributed by atoms with Crippen molar-refractivity contribution in [2.45, 2.75) is 83.1 Å². The second-order valence-corrected chi connectivity index (χ2v) is 16.4. The summed E-state index contributed by atoms with van der Waals surface area (Å²) >= 11 is 6.57. The van der Waals surface area contributed by atoms with Crippen LogP contribution in [0.15, 0.2) is 53.9 Å². The molecule has 2 aromatic heterocycles. The van der Waals surface area contributed by atoms with Gasteiger partial charge in [-0.15, -0.1) is 5.10 Å². The van der Waals surface area contributed by atoms with Crippen LogP contribution in [0.2, 0.25) is 5.02 Å². The van der Waals surface area contributed by atoms with Crippen molar-refractivity contribution in [2.75, 3.05) is 6.61 Å². The molecule has 0 spiro atoms. The molecule has 3 aliphatic carbocycles. The van der Waals surface area contributed by atoms with Crippen molar-refractivity contribution in [2.24, 2.45) is 35.0 Å². The summed E-state index contributed by atoms with van der Waals surface area (Å²) in [5.74, 6) is -3.53. The first-order valence-electron chi connectivity index (χ1n) is 17.6. The fraction of sp³-hybridized carbons (Fsp3) is 0.486. The van der Waals surface area contributed by atoms with E-state index in [1.54, 1.807) is 43.6 Å². The molecule has 3 saturated carbocycles. The highest BCUT2D eigenvalue weighted by Crippen LogP contribution is 2.62. The highest BCUT2D eigenvalue weighted by Gasteiger charge is 2.59. The van der Waals surface area contributed by atoms with Gasteiger partial charge in [-0.3, -0.25) is 14.5 Å². The van der Waals surface area contributed by atoms with E-state index >= 15 is 4.39 Å². The van der Waals surface area contributed by atoms with Gasteiger partial charge >= 0.3 is 12.1 Å². The lowest BCUT2D eigenvalue weighted by molar-refractivity contribution is -0.181. The molecule has 1 amide bonds. The van der Waals surface area contributed by atoms with Gasteiger partial charge in [-0.1, -0.05) is 56.6 Å². The molecule has 4 aliphatic rings. The molecule has 4 aromatic rings. The largest absolute Gasteiger partial charge is 0.463 e. The maximum atomic E-state index is 16.2. The molecular weight excluding hydrogens is 730 g/mol. The average Bonchev–Trinajstić information content (AvgIpc) is 3.74. The smallest absolute Gasteiger partial charge is 0.392 e. The van der Waals surface area contributed by atoms with E-state index in [9.17, 15) is 22.8 Å². The van der Waals surface area contributed by atoms with Gasteiger partial charge in [-0.2, -0.15) is 18.3 Å². The zero-order chi connectivity index (χ0) is 39.0. The highest BCUT2D eigenvalue weighted by molar-refractivity contribution is 6.33. The molecule has 2 aromatic carbocycles. The predicted octanol–water partition coefficient (Wildman–Crippen LogP) is 6.70. The first-order chi connectivity index (χ1) is 25.3. The Hall–Kier alpha value is -4.86. The van der Waals surface area contributed by atoms with Crippen LogP contribution in [0, 0.1) is 23.1 Å². The first kappa shape index (κ1) is 37.5. The fourth-order valence-corrected chi connectivity index (χ4v) is 7.97. The molecule has 12 nitrogen and oxygen atoms in total. The fourth-order valence-electron chi connectivity index (χ4n) is 7.76. The lowest BCUT2D eigenvalue weighted by atomic mass is 9.50. The number of amides is 1. The van der Waals surface area contributed by atoms with Crippen molar-refractivity contribution in [3.8, 4) is 22.6 Å². The van der Waals surface area contributed by atoms with E-state index in [0.717, 1.165) is 31.1 Å². The predicted molar refractivity (Wildman–Crippen MR) is 190 cm³/mol. The van der Waals surface area contributed by atoms with Crippen LogP contribution in [0.3, 0.4) is 0 Å². The minimum Gasteiger partial charge on any atom is -0.463 e. The number of hydrogen-bond acceptors (Lipinski definition) is 9. The number of aliphatic imine (C=N–C) groups is 1. The van der Waals surface area contributed by atoms with Crippen molar-refractivity contribution >= 4 is 29.4 Å². The normalized spacial score (nSPS) is 23.4. The summed E-state index contributed by atoms with van der Waals surface area (Å²) in [6.07, 6.45) is 0.727. The lowest BCUT2D eigenvalue weighted by Crippen LogP contribution is -2.59. The molecule has 2 N–H and O–H groups in total. The molecule has 8 rings (SSSR count). The van der Waals surface area contributed by atoms with Gasteiger partial charge in [0.2, 0.25) is 0 Å². The summed E-state index contributed by atoms with van der Waals surface area (Å²) < 4.78 is 64.8. The Morgan fingerprint density at radius 2 is 1.83 bits per heavy atom. The summed E-state index contributed by atoms with van der Waals surface area (Å²) in [6.45, 7) is 6.00. The van der Waals surface area contributed by atoms with Crippen molar-refractivity contribution in [3.05, 3.63) is 70.9 Å². The quantitative estimate of drug-likeness (QED) is 0.131.